The molecule has 0 aliphatic carbocycles. The summed E-state index contributed by atoms with van der Waals surface area (Å²) in [5, 5.41) is 0.618. The lowest BCUT2D eigenvalue weighted by molar-refractivity contribution is 0.306. The Balaban J connectivity index is 1.69. The van der Waals surface area contributed by atoms with Crippen molar-refractivity contribution in [1.82, 2.24) is 9.97 Å². The van der Waals surface area contributed by atoms with Crippen molar-refractivity contribution in [3.63, 3.8) is 0 Å². The normalized spacial score (nSPS) is 10.6. The van der Waals surface area contributed by atoms with Gasteiger partial charge in [0.05, 0.1) is 0 Å². The number of aromatic nitrogens is 2. The summed E-state index contributed by atoms with van der Waals surface area (Å²) in [7, 11) is 0. The lowest BCUT2D eigenvalue weighted by Gasteiger charge is -2.06. The number of benzene rings is 2. The van der Waals surface area contributed by atoms with Crippen LogP contribution in [0, 0.1) is 0 Å². The molecule has 1 aromatic heterocycles. The van der Waals surface area contributed by atoms with E-state index in [1.807, 2.05) is 54.6 Å². The van der Waals surface area contributed by atoms with Gasteiger partial charge in [-0.25, -0.2) is 4.98 Å². The monoisotopic (exact) mass is 318 g/mol. The summed E-state index contributed by atoms with van der Waals surface area (Å²) in [5.74, 6) is 1.44. The largest absolute Gasteiger partial charge is 0.489 e. The van der Waals surface area contributed by atoms with E-state index in [1.165, 1.54) is 0 Å². The zero-order chi connectivity index (χ0) is 14.7. The third kappa shape index (κ3) is 3.38. The fraction of sp³-hybridized carbons (Fsp3) is 0.0625. The quantitative estimate of drug-likeness (QED) is 0.738. The zero-order valence-corrected chi connectivity index (χ0v) is 12.5. The van der Waals surface area contributed by atoms with Crippen molar-refractivity contribution in [2.45, 2.75) is 6.61 Å². The van der Waals surface area contributed by atoms with Gasteiger partial charge in [0.25, 0.3) is 0 Å². The van der Waals surface area contributed by atoms with Gasteiger partial charge in [-0.1, -0.05) is 53.5 Å². The molecular formula is C16H12Cl2N2O. The molecule has 3 rings (SSSR count). The van der Waals surface area contributed by atoms with Crippen LogP contribution < -0.4 is 4.74 Å². The summed E-state index contributed by atoms with van der Waals surface area (Å²) in [5.41, 5.74) is 2.03. The first-order chi connectivity index (χ1) is 10.2. The highest BCUT2D eigenvalue weighted by atomic mass is 35.5. The summed E-state index contributed by atoms with van der Waals surface area (Å²) >= 11 is 11.7. The SMILES string of the molecule is Clc1nc(-c2ccc(OCc3ccccc3)cc2)[nH]c1Cl. The molecular weight excluding hydrogens is 307 g/mol. The van der Waals surface area contributed by atoms with Crippen LogP contribution in [-0.2, 0) is 6.61 Å². The molecule has 0 spiro atoms. The highest BCUT2D eigenvalue weighted by Gasteiger charge is 2.07. The van der Waals surface area contributed by atoms with Gasteiger partial charge in [0, 0.05) is 5.56 Å². The van der Waals surface area contributed by atoms with Crippen LogP contribution in [0.3, 0.4) is 0 Å². The third-order valence-electron chi connectivity index (χ3n) is 3.00. The van der Waals surface area contributed by atoms with Gasteiger partial charge in [-0.05, 0) is 29.8 Å². The molecule has 3 aromatic rings. The molecule has 0 aliphatic rings. The zero-order valence-electron chi connectivity index (χ0n) is 11.0. The number of rotatable bonds is 4. The van der Waals surface area contributed by atoms with Crippen LogP contribution in [0.1, 0.15) is 5.56 Å². The summed E-state index contributed by atoms with van der Waals surface area (Å²) in [6.45, 7) is 0.540. The second kappa shape index (κ2) is 6.20. The minimum absolute atomic E-state index is 0.274. The van der Waals surface area contributed by atoms with Crippen LogP contribution in [0.5, 0.6) is 5.75 Å². The van der Waals surface area contributed by atoms with Crippen LogP contribution in [-0.4, -0.2) is 9.97 Å². The Morgan fingerprint density at radius 3 is 2.29 bits per heavy atom. The maximum absolute atomic E-state index is 5.85. The van der Waals surface area contributed by atoms with E-state index in [0.29, 0.717) is 17.6 Å². The van der Waals surface area contributed by atoms with E-state index in [-0.39, 0.29) is 5.15 Å². The van der Waals surface area contributed by atoms with E-state index in [9.17, 15) is 0 Å². The second-order valence-corrected chi connectivity index (χ2v) is 5.22. The number of hydrogen-bond acceptors (Lipinski definition) is 2. The summed E-state index contributed by atoms with van der Waals surface area (Å²) in [4.78, 5) is 7.06. The van der Waals surface area contributed by atoms with Gasteiger partial charge in [-0.3, -0.25) is 0 Å². The molecule has 0 bridgehead atoms. The molecule has 3 nitrogen and oxygen atoms in total. The predicted octanol–water partition coefficient (Wildman–Crippen LogP) is 4.96. The first-order valence-electron chi connectivity index (χ1n) is 6.40. The Bertz CT molecular complexity index is 704. The average Bonchev–Trinajstić information content (AvgIpc) is 2.86. The number of nitrogens with zero attached hydrogens (tertiary/aromatic N) is 1. The number of halogens is 2. The Morgan fingerprint density at radius 1 is 0.952 bits per heavy atom. The van der Waals surface area contributed by atoms with Crippen molar-refractivity contribution in [2.24, 2.45) is 0 Å². The van der Waals surface area contributed by atoms with Gasteiger partial charge in [-0.15, -0.1) is 0 Å². The lowest BCUT2D eigenvalue weighted by Crippen LogP contribution is -1.94. The molecule has 1 heterocycles. The summed E-state index contributed by atoms with van der Waals surface area (Å²) < 4.78 is 5.73. The average molecular weight is 319 g/mol. The molecule has 0 saturated carbocycles. The highest BCUT2D eigenvalue weighted by Crippen LogP contribution is 2.26. The van der Waals surface area contributed by atoms with Crippen molar-refractivity contribution in [3.05, 3.63) is 70.5 Å². The molecule has 0 aliphatic heterocycles. The molecule has 1 N–H and O–H groups in total. The third-order valence-corrected chi connectivity index (χ3v) is 3.64. The van der Waals surface area contributed by atoms with Gasteiger partial charge < -0.3 is 9.72 Å². The lowest BCUT2D eigenvalue weighted by atomic mass is 10.2. The fourth-order valence-corrected chi connectivity index (χ4v) is 2.18. The van der Waals surface area contributed by atoms with E-state index in [0.717, 1.165) is 16.9 Å². The van der Waals surface area contributed by atoms with Gasteiger partial charge in [0.15, 0.2) is 5.15 Å². The molecule has 21 heavy (non-hydrogen) atoms. The summed E-state index contributed by atoms with van der Waals surface area (Å²) in [6, 6.07) is 17.6. The maximum atomic E-state index is 5.85. The first kappa shape index (κ1) is 14.0. The molecule has 0 atom stereocenters. The van der Waals surface area contributed by atoms with Crippen LogP contribution in [0.15, 0.2) is 54.6 Å². The van der Waals surface area contributed by atoms with Crippen LogP contribution in [0.4, 0.5) is 0 Å². The maximum Gasteiger partial charge on any atom is 0.166 e. The van der Waals surface area contributed by atoms with Gasteiger partial charge in [0.2, 0.25) is 0 Å². The number of H-pyrrole nitrogens is 1. The van der Waals surface area contributed by atoms with Crippen molar-refractivity contribution in [1.29, 1.82) is 0 Å². The van der Waals surface area contributed by atoms with Crippen LogP contribution >= 0.6 is 23.2 Å². The standard InChI is InChI=1S/C16H12Cl2N2O/c17-14-15(18)20-16(19-14)12-6-8-13(9-7-12)21-10-11-4-2-1-3-5-11/h1-9H,10H2,(H,19,20). The topological polar surface area (TPSA) is 37.9 Å². The van der Waals surface area contributed by atoms with E-state index in [2.05, 4.69) is 9.97 Å². The minimum Gasteiger partial charge on any atom is -0.489 e. The number of aromatic amines is 1. The van der Waals surface area contributed by atoms with Gasteiger partial charge in [-0.2, -0.15) is 0 Å². The molecule has 0 fully saturated rings. The van der Waals surface area contributed by atoms with Crippen molar-refractivity contribution in [2.75, 3.05) is 0 Å². The van der Waals surface area contributed by atoms with Crippen molar-refractivity contribution >= 4 is 23.2 Å². The van der Waals surface area contributed by atoms with Crippen LogP contribution in [0.2, 0.25) is 10.3 Å². The molecule has 0 amide bonds. The fourth-order valence-electron chi connectivity index (χ4n) is 1.92. The van der Waals surface area contributed by atoms with Crippen LogP contribution in [0.25, 0.3) is 11.4 Å². The molecule has 106 valence electrons. The number of hydrogen-bond donors (Lipinski definition) is 1. The van der Waals surface area contributed by atoms with E-state index >= 15 is 0 Å². The number of nitrogens with one attached hydrogen (secondary N) is 1. The van der Waals surface area contributed by atoms with Crippen molar-refractivity contribution < 1.29 is 4.74 Å². The Hall–Kier alpha value is -1.97. The molecule has 5 heteroatoms. The van der Waals surface area contributed by atoms with E-state index in [4.69, 9.17) is 27.9 Å². The van der Waals surface area contributed by atoms with E-state index in [1.54, 1.807) is 0 Å². The number of ether oxygens (including phenoxy) is 1. The molecule has 0 unspecified atom stereocenters. The van der Waals surface area contributed by atoms with Gasteiger partial charge >= 0.3 is 0 Å². The predicted molar refractivity (Wildman–Crippen MR) is 84.8 cm³/mol. The van der Waals surface area contributed by atoms with Gasteiger partial charge in [0.1, 0.15) is 23.3 Å². The molecule has 2 aromatic carbocycles. The first-order valence-corrected chi connectivity index (χ1v) is 7.16. The van der Waals surface area contributed by atoms with E-state index < -0.39 is 0 Å². The Labute approximate surface area is 132 Å². The highest BCUT2D eigenvalue weighted by molar-refractivity contribution is 6.40. The summed E-state index contributed by atoms with van der Waals surface area (Å²) in [6.07, 6.45) is 0. The molecule has 0 radical (unpaired) electrons. The molecule has 0 saturated heterocycles. The number of imidazole rings is 1. The Kier molecular flexibility index (Phi) is 4.13. The minimum atomic E-state index is 0.274. The second-order valence-electron chi connectivity index (χ2n) is 4.49. The Morgan fingerprint density at radius 2 is 1.67 bits per heavy atom. The van der Waals surface area contributed by atoms with Crippen molar-refractivity contribution in [3.8, 4) is 17.1 Å². The smallest absolute Gasteiger partial charge is 0.166 e.